The Bertz CT molecular complexity index is 612. The number of benzene rings is 1. The van der Waals surface area contributed by atoms with E-state index in [2.05, 4.69) is 61.1 Å². The summed E-state index contributed by atoms with van der Waals surface area (Å²) in [5.74, 6) is 0. The van der Waals surface area contributed by atoms with Crippen LogP contribution in [-0.2, 0) is 7.05 Å². The van der Waals surface area contributed by atoms with Gasteiger partial charge in [0.05, 0.1) is 0 Å². The van der Waals surface area contributed by atoms with Crippen molar-refractivity contribution in [2.24, 2.45) is 7.05 Å². The first-order valence-electron chi connectivity index (χ1n) is 7.04. The van der Waals surface area contributed by atoms with E-state index in [9.17, 15) is 0 Å². The molecular formula is C16H23N3. The summed E-state index contributed by atoms with van der Waals surface area (Å²) >= 11 is 0. The smallest absolute Gasteiger partial charge is 0.0486 e. The van der Waals surface area contributed by atoms with Crippen molar-refractivity contribution in [2.45, 2.75) is 19.9 Å². The number of nitrogens with zero attached hydrogens (tertiary/aromatic N) is 2. The molecule has 1 fully saturated rings. The molecule has 19 heavy (non-hydrogen) atoms. The van der Waals surface area contributed by atoms with Gasteiger partial charge in [-0.05, 0) is 43.7 Å². The molecule has 1 aromatic carbocycles. The molecule has 1 unspecified atom stereocenters. The van der Waals surface area contributed by atoms with Crippen molar-refractivity contribution in [2.75, 3.05) is 26.7 Å². The van der Waals surface area contributed by atoms with E-state index in [1.54, 1.807) is 0 Å². The number of aromatic nitrogens is 1. The van der Waals surface area contributed by atoms with Crippen molar-refractivity contribution >= 4 is 10.9 Å². The fourth-order valence-electron chi connectivity index (χ4n) is 3.31. The first-order valence-corrected chi connectivity index (χ1v) is 7.04. The lowest BCUT2D eigenvalue weighted by Gasteiger charge is -2.31. The van der Waals surface area contributed by atoms with Crippen LogP contribution in [0.1, 0.15) is 22.7 Å². The second-order valence-electron chi connectivity index (χ2n) is 5.94. The van der Waals surface area contributed by atoms with Crippen LogP contribution < -0.4 is 5.32 Å². The van der Waals surface area contributed by atoms with Crippen LogP contribution >= 0.6 is 0 Å². The van der Waals surface area contributed by atoms with Gasteiger partial charge in [0.1, 0.15) is 0 Å². The van der Waals surface area contributed by atoms with E-state index in [0.29, 0.717) is 6.04 Å². The molecule has 1 aromatic heterocycles. The summed E-state index contributed by atoms with van der Waals surface area (Å²) in [6.07, 6.45) is 2.30. The molecule has 0 radical (unpaired) electrons. The summed E-state index contributed by atoms with van der Waals surface area (Å²) < 4.78 is 2.26. The van der Waals surface area contributed by atoms with Crippen LogP contribution in [0.25, 0.3) is 10.9 Å². The zero-order valence-electron chi connectivity index (χ0n) is 12.3. The van der Waals surface area contributed by atoms with E-state index < -0.39 is 0 Å². The Morgan fingerprint density at radius 3 is 2.74 bits per heavy atom. The second-order valence-corrected chi connectivity index (χ2v) is 5.94. The molecule has 3 nitrogen and oxygen atoms in total. The summed E-state index contributed by atoms with van der Waals surface area (Å²) in [7, 11) is 4.35. The van der Waals surface area contributed by atoms with Crippen molar-refractivity contribution < 1.29 is 0 Å². The number of nitrogens with one attached hydrogen (secondary N) is 1. The highest BCUT2D eigenvalue weighted by molar-refractivity contribution is 5.88. The van der Waals surface area contributed by atoms with Crippen LogP contribution in [0.2, 0.25) is 0 Å². The number of rotatable bonds is 1. The van der Waals surface area contributed by atoms with Crippen LogP contribution in [0.3, 0.4) is 0 Å². The summed E-state index contributed by atoms with van der Waals surface area (Å²) in [6, 6.07) is 5.03. The molecule has 1 saturated heterocycles. The largest absolute Gasteiger partial charge is 0.350 e. The highest BCUT2D eigenvalue weighted by atomic mass is 15.2. The van der Waals surface area contributed by atoms with Gasteiger partial charge in [0.25, 0.3) is 0 Å². The molecule has 0 amide bonds. The standard InChI is InChI=1S/C16H23N3/c1-11-7-12(2)16-13(9-19(4)15(16)8-11)14-10-18(3)6-5-17-14/h7-9,14,17H,5-6,10H2,1-4H3. The van der Waals surface area contributed by atoms with E-state index in [1.807, 2.05) is 0 Å². The SMILES string of the molecule is Cc1cc(C)c2c(C3CN(C)CCN3)cn(C)c2c1. The highest BCUT2D eigenvalue weighted by Gasteiger charge is 2.22. The number of hydrogen-bond donors (Lipinski definition) is 1. The molecule has 1 atom stereocenters. The molecule has 1 N–H and O–H groups in total. The van der Waals surface area contributed by atoms with Crippen LogP contribution in [0.15, 0.2) is 18.3 Å². The topological polar surface area (TPSA) is 20.2 Å². The minimum absolute atomic E-state index is 0.448. The molecule has 2 heterocycles. The van der Waals surface area contributed by atoms with Crippen LogP contribution in [0, 0.1) is 13.8 Å². The molecule has 3 heteroatoms. The summed E-state index contributed by atoms with van der Waals surface area (Å²) in [5.41, 5.74) is 5.52. The number of fused-ring (bicyclic) bond motifs is 1. The number of hydrogen-bond acceptors (Lipinski definition) is 2. The molecule has 3 rings (SSSR count). The lowest BCUT2D eigenvalue weighted by molar-refractivity contribution is 0.241. The van der Waals surface area contributed by atoms with Crippen LogP contribution in [0.5, 0.6) is 0 Å². The van der Waals surface area contributed by atoms with Gasteiger partial charge in [-0.1, -0.05) is 6.07 Å². The number of piperazine rings is 1. The lowest BCUT2D eigenvalue weighted by atomic mass is 9.99. The monoisotopic (exact) mass is 257 g/mol. The van der Waals surface area contributed by atoms with Crippen LogP contribution in [-0.4, -0.2) is 36.1 Å². The quantitative estimate of drug-likeness (QED) is 0.846. The second kappa shape index (κ2) is 4.66. The van der Waals surface area contributed by atoms with E-state index in [1.165, 1.54) is 27.6 Å². The lowest BCUT2D eigenvalue weighted by Crippen LogP contribution is -2.43. The maximum atomic E-state index is 3.66. The Kier molecular flexibility index (Phi) is 3.11. The molecule has 1 aliphatic heterocycles. The van der Waals surface area contributed by atoms with Crippen molar-refractivity contribution in [3.63, 3.8) is 0 Å². The number of likely N-dealkylation sites (N-methyl/N-ethyl adjacent to an activating group) is 1. The summed E-state index contributed by atoms with van der Waals surface area (Å²) in [6.45, 7) is 7.70. The van der Waals surface area contributed by atoms with Crippen molar-refractivity contribution in [3.8, 4) is 0 Å². The summed E-state index contributed by atoms with van der Waals surface area (Å²) in [4.78, 5) is 2.41. The number of aryl methyl sites for hydroxylation is 3. The fourth-order valence-corrected chi connectivity index (χ4v) is 3.31. The van der Waals surface area contributed by atoms with Gasteiger partial charge in [-0.15, -0.1) is 0 Å². The van der Waals surface area contributed by atoms with Crippen molar-refractivity contribution in [1.29, 1.82) is 0 Å². The Labute approximate surface area is 115 Å². The predicted molar refractivity (Wildman–Crippen MR) is 80.6 cm³/mol. The third-order valence-corrected chi connectivity index (χ3v) is 4.21. The van der Waals surface area contributed by atoms with E-state index >= 15 is 0 Å². The van der Waals surface area contributed by atoms with Gasteiger partial charge in [0.15, 0.2) is 0 Å². The van der Waals surface area contributed by atoms with Gasteiger partial charge in [0, 0.05) is 49.8 Å². The van der Waals surface area contributed by atoms with E-state index in [-0.39, 0.29) is 0 Å². The Hall–Kier alpha value is -1.32. The fraction of sp³-hybridized carbons (Fsp3) is 0.500. The minimum atomic E-state index is 0.448. The van der Waals surface area contributed by atoms with Gasteiger partial charge in [-0.25, -0.2) is 0 Å². The highest BCUT2D eigenvalue weighted by Crippen LogP contribution is 2.31. The summed E-state index contributed by atoms with van der Waals surface area (Å²) in [5, 5.41) is 5.09. The molecule has 0 aliphatic carbocycles. The Morgan fingerprint density at radius 1 is 1.21 bits per heavy atom. The zero-order chi connectivity index (χ0) is 13.6. The molecule has 0 saturated carbocycles. The van der Waals surface area contributed by atoms with Gasteiger partial charge in [-0.2, -0.15) is 0 Å². The van der Waals surface area contributed by atoms with Gasteiger partial charge < -0.3 is 14.8 Å². The normalized spacial score (nSPS) is 21.2. The Balaban J connectivity index is 2.13. The molecule has 0 spiro atoms. The third kappa shape index (κ3) is 2.17. The predicted octanol–water partition coefficient (Wildman–Crippen LogP) is 2.37. The molecule has 1 aliphatic rings. The van der Waals surface area contributed by atoms with Crippen molar-refractivity contribution in [1.82, 2.24) is 14.8 Å². The van der Waals surface area contributed by atoms with Gasteiger partial charge in [-0.3, -0.25) is 0 Å². The zero-order valence-corrected chi connectivity index (χ0v) is 12.3. The maximum absolute atomic E-state index is 3.66. The third-order valence-electron chi connectivity index (χ3n) is 4.21. The van der Waals surface area contributed by atoms with Crippen LogP contribution in [0.4, 0.5) is 0 Å². The molecule has 102 valence electrons. The van der Waals surface area contributed by atoms with E-state index in [4.69, 9.17) is 0 Å². The molecular weight excluding hydrogens is 234 g/mol. The maximum Gasteiger partial charge on any atom is 0.0486 e. The minimum Gasteiger partial charge on any atom is -0.350 e. The molecule has 2 aromatic rings. The van der Waals surface area contributed by atoms with Gasteiger partial charge in [0.2, 0.25) is 0 Å². The average molecular weight is 257 g/mol. The first-order chi connectivity index (χ1) is 9.06. The van der Waals surface area contributed by atoms with E-state index in [0.717, 1.165) is 19.6 Å². The average Bonchev–Trinajstić information content (AvgIpc) is 2.67. The molecule has 0 bridgehead atoms. The Morgan fingerprint density at radius 2 is 2.00 bits per heavy atom. The van der Waals surface area contributed by atoms with Gasteiger partial charge >= 0.3 is 0 Å². The van der Waals surface area contributed by atoms with Crippen molar-refractivity contribution in [3.05, 3.63) is 35.0 Å². The first kappa shape index (κ1) is 12.7.